The fraction of sp³-hybridized carbons (Fsp3) is 0.333. The van der Waals surface area contributed by atoms with Crippen molar-refractivity contribution in [3.05, 3.63) is 64.7 Å². The second-order valence-electron chi connectivity index (χ2n) is 9.27. The first-order chi connectivity index (χ1) is 14.7. The topological polar surface area (TPSA) is 70.0 Å². The number of hydrogen-bond donors (Lipinski definition) is 0. The normalized spacial score (nSPS) is 26.7. The summed E-state index contributed by atoms with van der Waals surface area (Å²) in [4.78, 5) is 42.0. The van der Waals surface area contributed by atoms with Crippen LogP contribution in [0.15, 0.2) is 53.6 Å². The van der Waals surface area contributed by atoms with Crippen molar-refractivity contribution in [2.75, 3.05) is 4.90 Å². The highest BCUT2D eigenvalue weighted by Gasteiger charge is 2.66. The lowest BCUT2D eigenvalue weighted by Gasteiger charge is -2.35. The molecule has 3 aliphatic heterocycles. The number of nitrogens with zero attached hydrogens (tertiary/aromatic N) is 3. The van der Waals surface area contributed by atoms with Gasteiger partial charge < -0.3 is 0 Å². The summed E-state index contributed by atoms with van der Waals surface area (Å²) in [6.45, 7) is 5.48. The average Bonchev–Trinajstić information content (AvgIpc) is 3.20. The summed E-state index contributed by atoms with van der Waals surface area (Å²) in [5.74, 6) is -2.37. The first-order valence-electron chi connectivity index (χ1n) is 10.3. The minimum atomic E-state index is -0.816. The molecule has 0 radical (unpaired) electrons. The summed E-state index contributed by atoms with van der Waals surface area (Å²) in [5.41, 5.74) is 1.45. The Bertz CT molecular complexity index is 1150. The van der Waals surface area contributed by atoms with E-state index in [1.807, 2.05) is 45.0 Å². The van der Waals surface area contributed by atoms with Crippen LogP contribution in [0.3, 0.4) is 0 Å². The number of halogens is 1. The zero-order valence-corrected chi connectivity index (χ0v) is 18.2. The van der Waals surface area contributed by atoms with E-state index in [0.717, 1.165) is 11.1 Å². The number of benzene rings is 2. The number of Topliss-reactive ketones (excluding diaryl/α,β-unsaturated/α-hetero) is 1. The van der Waals surface area contributed by atoms with E-state index in [1.165, 1.54) is 4.90 Å². The summed E-state index contributed by atoms with van der Waals surface area (Å²) in [7, 11) is 0. The molecule has 31 heavy (non-hydrogen) atoms. The molecule has 4 unspecified atom stereocenters. The summed E-state index contributed by atoms with van der Waals surface area (Å²) in [6, 6.07) is 13.2. The smallest absolute Gasteiger partial charge is 0.240 e. The lowest BCUT2D eigenvalue weighted by atomic mass is 9.79. The van der Waals surface area contributed by atoms with Crippen molar-refractivity contribution in [2.24, 2.45) is 22.4 Å². The van der Waals surface area contributed by atoms with Crippen molar-refractivity contribution in [2.45, 2.75) is 32.9 Å². The molecule has 0 saturated carbocycles. The van der Waals surface area contributed by atoms with Gasteiger partial charge in [0.1, 0.15) is 6.04 Å². The summed E-state index contributed by atoms with van der Waals surface area (Å²) in [5, 5.41) is 6.56. The molecule has 3 aliphatic rings. The third kappa shape index (κ3) is 2.78. The first kappa shape index (κ1) is 19.9. The molecule has 7 heteroatoms. The fourth-order valence-electron chi connectivity index (χ4n) is 4.98. The Morgan fingerprint density at radius 1 is 0.968 bits per heavy atom. The van der Waals surface area contributed by atoms with Crippen LogP contribution in [0, 0.1) is 17.3 Å². The zero-order chi connectivity index (χ0) is 22.1. The standard InChI is InChI=1S/C24H22ClN3O3/c1-24(2,3)21(29)20-18-17(19-14-9-5-4-8-13(14)12-26-28(19)20)22(30)27(23(18)31)16-11-7-6-10-15(16)25/h4-12,17-20H,1-3H3. The van der Waals surface area contributed by atoms with Gasteiger partial charge in [-0.2, -0.15) is 5.10 Å². The van der Waals surface area contributed by atoms with Crippen LogP contribution < -0.4 is 4.90 Å². The van der Waals surface area contributed by atoms with Gasteiger partial charge in [0.15, 0.2) is 5.78 Å². The van der Waals surface area contributed by atoms with Gasteiger partial charge in [0.25, 0.3) is 0 Å². The Kier molecular flexibility index (Phi) is 4.35. The number of rotatable bonds is 2. The van der Waals surface area contributed by atoms with Crippen molar-refractivity contribution in [1.82, 2.24) is 5.01 Å². The van der Waals surface area contributed by atoms with Gasteiger partial charge >= 0.3 is 0 Å². The van der Waals surface area contributed by atoms with E-state index in [-0.39, 0.29) is 11.7 Å². The Morgan fingerprint density at radius 3 is 2.32 bits per heavy atom. The Labute approximate surface area is 185 Å². The minimum absolute atomic E-state index is 0.108. The molecule has 0 aromatic heterocycles. The van der Waals surface area contributed by atoms with E-state index >= 15 is 0 Å². The molecule has 2 aromatic rings. The van der Waals surface area contributed by atoms with Crippen LogP contribution in [0.1, 0.15) is 37.9 Å². The van der Waals surface area contributed by atoms with Gasteiger partial charge in [-0.3, -0.25) is 19.4 Å². The maximum atomic E-state index is 13.7. The molecule has 5 rings (SSSR count). The van der Waals surface area contributed by atoms with Gasteiger partial charge in [-0.15, -0.1) is 0 Å². The van der Waals surface area contributed by atoms with E-state index in [0.29, 0.717) is 10.7 Å². The highest BCUT2D eigenvalue weighted by atomic mass is 35.5. The van der Waals surface area contributed by atoms with Crippen LogP contribution in [0.2, 0.25) is 5.02 Å². The molecular formula is C24H22ClN3O3. The summed E-state index contributed by atoms with van der Waals surface area (Å²) >= 11 is 6.33. The number of para-hydroxylation sites is 1. The maximum Gasteiger partial charge on any atom is 0.240 e. The van der Waals surface area contributed by atoms with E-state index in [4.69, 9.17) is 11.6 Å². The average molecular weight is 436 g/mol. The van der Waals surface area contributed by atoms with Crippen molar-refractivity contribution in [3.63, 3.8) is 0 Å². The number of ketones is 1. The quantitative estimate of drug-likeness (QED) is 0.672. The van der Waals surface area contributed by atoms with Gasteiger partial charge in [-0.1, -0.05) is 68.8 Å². The van der Waals surface area contributed by atoms with Crippen molar-refractivity contribution >= 4 is 41.1 Å². The third-order valence-electron chi connectivity index (χ3n) is 6.39. The lowest BCUT2D eigenvalue weighted by molar-refractivity contribution is -0.136. The molecule has 2 amide bonds. The van der Waals surface area contributed by atoms with Crippen LogP contribution in [0.4, 0.5) is 5.69 Å². The highest BCUT2D eigenvalue weighted by molar-refractivity contribution is 6.36. The largest absolute Gasteiger partial charge is 0.297 e. The second kappa shape index (κ2) is 6.76. The molecular weight excluding hydrogens is 414 g/mol. The predicted octanol–water partition coefficient (Wildman–Crippen LogP) is 3.83. The number of anilines is 1. The van der Waals surface area contributed by atoms with Crippen LogP contribution in [0.25, 0.3) is 0 Å². The molecule has 0 aliphatic carbocycles. The number of hydrogen-bond acceptors (Lipinski definition) is 5. The molecule has 0 bridgehead atoms. The molecule has 6 nitrogen and oxygen atoms in total. The first-order valence-corrected chi connectivity index (χ1v) is 10.7. The molecule has 3 heterocycles. The van der Waals surface area contributed by atoms with E-state index < -0.39 is 35.2 Å². The predicted molar refractivity (Wildman–Crippen MR) is 118 cm³/mol. The van der Waals surface area contributed by atoms with Gasteiger partial charge in [0.2, 0.25) is 11.8 Å². The molecule has 2 fully saturated rings. The van der Waals surface area contributed by atoms with Gasteiger partial charge in [-0.05, 0) is 23.3 Å². The minimum Gasteiger partial charge on any atom is -0.297 e. The summed E-state index contributed by atoms with van der Waals surface area (Å²) in [6.07, 6.45) is 1.70. The molecule has 2 aromatic carbocycles. The molecule has 158 valence electrons. The number of fused-ring (bicyclic) bond motifs is 5. The van der Waals surface area contributed by atoms with Crippen LogP contribution in [-0.2, 0) is 14.4 Å². The fourth-order valence-corrected chi connectivity index (χ4v) is 5.20. The highest BCUT2D eigenvalue weighted by Crippen LogP contribution is 2.54. The van der Waals surface area contributed by atoms with Crippen molar-refractivity contribution in [1.29, 1.82) is 0 Å². The molecule has 4 atom stereocenters. The molecule has 0 N–H and O–H groups in total. The molecule has 2 saturated heterocycles. The number of carbonyl (C=O) groups excluding carboxylic acids is 3. The van der Waals surface area contributed by atoms with Crippen molar-refractivity contribution in [3.8, 4) is 0 Å². The second-order valence-corrected chi connectivity index (χ2v) is 9.68. The van der Waals surface area contributed by atoms with Gasteiger partial charge in [0, 0.05) is 5.41 Å². The maximum absolute atomic E-state index is 13.7. The van der Waals surface area contributed by atoms with E-state index in [1.54, 1.807) is 35.5 Å². The Balaban J connectivity index is 1.69. The van der Waals surface area contributed by atoms with Gasteiger partial charge in [-0.25, -0.2) is 4.90 Å². The number of hydrazone groups is 1. The zero-order valence-electron chi connectivity index (χ0n) is 17.4. The Morgan fingerprint density at radius 2 is 1.61 bits per heavy atom. The van der Waals surface area contributed by atoms with Crippen LogP contribution in [0.5, 0.6) is 0 Å². The lowest BCUT2D eigenvalue weighted by Crippen LogP contribution is -2.48. The third-order valence-corrected chi connectivity index (χ3v) is 6.71. The summed E-state index contributed by atoms with van der Waals surface area (Å²) < 4.78 is 0. The van der Waals surface area contributed by atoms with Gasteiger partial charge in [0.05, 0.1) is 34.8 Å². The Hall–Kier alpha value is -2.99. The SMILES string of the molecule is CC(C)(C)C(=O)C1C2C(=O)N(c3ccccc3Cl)C(=O)C2C2c3ccccc3C=NN12. The van der Waals surface area contributed by atoms with Crippen LogP contribution in [-0.4, -0.2) is 34.9 Å². The molecule has 0 spiro atoms. The number of imide groups is 1. The van der Waals surface area contributed by atoms with Crippen molar-refractivity contribution < 1.29 is 14.4 Å². The van der Waals surface area contributed by atoms with Crippen LogP contribution >= 0.6 is 11.6 Å². The number of amides is 2. The van der Waals surface area contributed by atoms with E-state index in [2.05, 4.69) is 5.10 Å². The van der Waals surface area contributed by atoms with E-state index in [9.17, 15) is 14.4 Å². The number of carbonyl (C=O) groups is 3. The monoisotopic (exact) mass is 435 g/mol.